The van der Waals surface area contributed by atoms with Crippen LogP contribution in [0.5, 0.6) is 0 Å². The fourth-order valence-electron chi connectivity index (χ4n) is 3.14. The van der Waals surface area contributed by atoms with Crippen LogP contribution in [0.15, 0.2) is 30.3 Å². The van der Waals surface area contributed by atoms with E-state index in [1.807, 2.05) is 6.07 Å². The van der Waals surface area contributed by atoms with Crippen LogP contribution in [0, 0.1) is 0 Å². The van der Waals surface area contributed by atoms with Gasteiger partial charge in [0.15, 0.2) is 0 Å². The van der Waals surface area contributed by atoms with Gasteiger partial charge in [-0.2, -0.15) is 0 Å². The van der Waals surface area contributed by atoms with Crippen molar-refractivity contribution >= 4 is 11.7 Å². The molecule has 2 aliphatic heterocycles. The van der Waals surface area contributed by atoms with E-state index in [9.17, 15) is 4.79 Å². The minimum absolute atomic E-state index is 0.0572. The summed E-state index contributed by atoms with van der Waals surface area (Å²) in [5.41, 5.74) is 1.23. The average Bonchev–Trinajstić information content (AvgIpc) is 3.05. The van der Waals surface area contributed by atoms with Gasteiger partial charge in [-0.15, -0.1) is 0 Å². The molecule has 3 rings (SSSR count). The third-order valence-corrected chi connectivity index (χ3v) is 4.46. The van der Waals surface area contributed by atoms with Gasteiger partial charge in [-0.1, -0.05) is 18.2 Å². The van der Waals surface area contributed by atoms with Gasteiger partial charge >= 0.3 is 6.03 Å². The number of hydrogen-bond acceptors (Lipinski definition) is 4. The van der Waals surface area contributed by atoms with Crippen LogP contribution in [0.2, 0.25) is 0 Å². The minimum Gasteiger partial charge on any atom is -0.379 e. The number of ether oxygens (including phenoxy) is 1. The molecule has 0 bridgehead atoms. The highest BCUT2D eigenvalue weighted by Crippen LogP contribution is 2.19. The van der Waals surface area contributed by atoms with Gasteiger partial charge in [-0.3, -0.25) is 4.90 Å². The number of carbonyl (C=O) groups is 1. The van der Waals surface area contributed by atoms with Crippen molar-refractivity contribution in [3.8, 4) is 0 Å². The predicted molar refractivity (Wildman–Crippen MR) is 90.9 cm³/mol. The molecule has 2 N–H and O–H groups in total. The zero-order chi connectivity index (χ0) is 15.9. The smallest absolute Gasteiger partial charge is 0.315 e. The van der Waals surface area contributed by atoms with Crippen LogP contribution in [0.4, 0.5) is 10.5 Å². The maximum atomic E-state index is 12.0. The lowest BCUT2D eigenvalue weighted by atomic mass is 10.3. The second-order valence-electron chi connectivity index (χ2n) is 6.12. The fraction of sp³-hybridized carbons (Fsp3) is 0.588. The molecule has 0 saturated carbocycles. The molecule has 6 heteroatoms. The van der Waals surface area contributed by atoms with Crippen molar-refractivity contribution in [2.75, 3.05) is 57.4 Å². The Morgan fingerprint density at radius 2 is 1.96 bits per heavy atom. The van der Waals surface area contributed by atoms with Crippen molar-refractivity contribution in [3.05, 3.63) is 30.3 Å². The van der Waals surface area contributed by atoms with Crippen LogP contribution < -0.4 is 15.5 Å². The quantitative estimate of drug-likeness (QED) is 0.847. The van der Waals surface area contributed by atoms with E-state index < -0.39 is 0 Å². The number of nitrogens with zero attached hydrogens (tertiary/aromatic N) is 2. The van der Waals surface area contributed by atoms with Crippen molar-refractivity contribution in [1.82, 2.24) is 15.5 Å². The van der Waals surface area contributed by atoms with Gasteiger partial charge in [0.05, 0.1) is 13.2 Å². The van der Waals surface area contributed by atoms with Crippen LogP contribution in [0.3, 0.4) is 0 Å². The highest BCUT2D eigenvalue weighted by atomic mass is 16.5. The van der Waals surface area contributed by atoms with Gasteiger partial charge in [0, 0.05) is 51.0 Å². The molecule has 0 radical (unpaired) electrons. The highest BCUT2D eigenvalue weighted by Gasteiger charge is 2.23. The summed E-state index contributed by atoms with van der Waals surface area (Å²) < 4.78 is 5.32. The van der Waals surface area contributed by atoms with E-state index in [0.717, 1.165) is 52.4 Å². The number of para-hydroxylation sites is 1. The Kier molecular flexibility index (Phi) is 5.71. The number of rotatable bonds is 5. The lowest BCUT2D eigenvalue weighted by Gasteiger charge is -2.26. The van der Waals surface area contributed by atoms with Crippen molar-refractivity contribution < 1.29 is 9.53 Å². The van der Waals surface area contributed by atoms with Gasteiger partial charge in [0.25, 0.3) is 0 Å². The summed E-state index contributed by atoms with van der Waals surface area (Å²) in [7, 11) is 0. The number of amides is 2. The Morgan fingerprint density at radius 3 is 2.74 bits per heavy atom. The number of anilines is 1. The zero-order valence-corrected chi connectivity index (χ0v) is 13.5. The van der Waals surface area contributed by atoms with Crippen molar-refractivity contribution in [1.29, 1.82) is 0 Å². The molecule has 2 aliphatic rings. The molecule has 6 nitrogen and oxygen atoms in total. The first kappa shape index (κ1) is 16.1. The van der Waals surface area contributed by atoms with E-state index in [2.05, 4.69) is 44.7 Å². The monoisotopic (exact) mass is 318 g/mol. The van der Waals surface area contributed by atoms with Gasteiger partial charge in [0.1, 0.15) is 0 Å². The van der Waals surface area contributed by atoms with E-state index in [4.69, 9.17) is 4.74 Å². The molecule has 23 heavy (non-hydrogen) atoms. The molecule has 0 spiro atoms. The topological polar surface area (TPSA) is 56.8 Å². The van der Waals surface area contributed by atoms with Crippen LogP contribution >= 0.6 is 0 Å². The average molecular weight is 318 g/mol. The van der Waals surface area contributed by atoms with E-state index in [-0.39, 0.29) is 12.1 Å². The second kappa shape index (κ2) is 8.17. The van der Waals surface area contributed by atoms with Gasteiger partial charge in [0.2, 0.25) is 0 Å². The van der Waals surface area contributed by atoms with Crippen LogP contribution in [-0.4, -0.2) is 69.5 Å². The molecule has 1 aromatic carbocycles. The van der Waals surface area contributed by atoms with E-state index in [0.29, 0.717) is 6.54 Å². The third-order valence-electron chi connectivity index (χ3n) is 4.46. The maximum Gasteiger partial charge on any atom is 0.315 e. The fourth-order valence-corrected chi connectivity index (χ4v) is 3.14. The van der Waals surface area contributed by atoms with E-state index >= 15 is 0 Å². The van der Waals surface area contributed by atoms with Crippen molar-refractivity contribution in [2.24, 2.45) is 0 Å². The summed E-state index contributed by atoms with van der Waals surface area (Å²) in [6.45, 7) is 6.94. The Labute approximate surface area is 137 Å². The summed E-state index contributed by atoms with van der Waals surface area (Å²) in [5, 5.41) is 6.04. The number of carbonyl (C=O) groups excluding carboxylic acids is 1. The molecule has 0 aromatic heterocycles. The van der Waals surface area contributed by atoms with Gasteiger partial charge in [-0.05, 0) is 18.6 Å². The lowest BCUT2D eigenvalue weighted by molar-refractivity contribution is 0.0387. The molecule has 2 fully saturated rings. The molecule has 2 heterocycles. The Hall–Kier alpha value is -1.79. The van der Waals surface area contributed by atoms with E-state index in [1.165, 1.54) is 5.69 Å². The second-order valence-corrected chi connectivity index (χ2v) is 6.12. The number of hydrogen-bond donors (Lipinski definition) is 2. The minimum atomic E-state index is -0.0572. The molecular weight excluding hydrogens is 292 g/mol. The normalized spacial score (nSPS) is 22.1. The number of nitrogens with one attached hydrogen (secondary N) is 2. The Balaban J connectivity index is 1.34. The van der Waals surface area contributed by atoms with Crippen LogP contribution in [0.1, 0.15) is 6.42 Å². The first-order valence-electron chi connectivity index (χ1n) is 8.46. The van der Waals surface area contributed by atoms with Crippen molar-refractivity contribution in [3.63, 3.8) is 0 Å². The summed E-state index contributed by atoms with van der Waals surface area (Å²) in [6.07, 6.45) is 0.992. The summed E-state index contributed by atoms with van der Waals surface area (Å²) in [5.74, 6) is 0. The largest absolute Gasteiger partial charge is 0.379 e. The maximum absolute atomic E-state index is 12.0. The molecule has 1 aromatic rings. The molecular formula is C17H26N4O2. The molecule has 0 aliphatic carbocycles. The zero-order valence-electron chi connectivity index (χ0n) is 13.5. The first-order valence-corrected chi connectivity index (χ1v) is 8.46. The van der Waals surface area contributed by atoms with Gasteiger partial charge < -0.3 is 20.3 Å². The highest BCUT2D eigenvalue weighted by molar-refractivity contribution is 5.74. The summed E-state index contributed by atoms with van der Waals surface area (Å²) in [4.78, 5) is 16.6. The van der Waals surface area contributed by atoms with Crippen LogP contribution in [0.25, 0.3) is 0 Å². The number of urea groups is 1. The molecule has 2 amide bonds. The molecule has 126 valence electrons. The molecule has 0 unspecified atom stereocenters. The lowest BCUT2D eigenvalue weighted by Crippen LogP contribution is -2.46. The van der Waals surface area contributed by atoms with Crippen molar-refractivity contribution in [2.45, 2.75) is 12.5 Å². The number of morpholine rings is 1. The molecule has 2 saturated heterocycles. The van der Waals surface area contributed by atoms with Crippen LogP contribution in [-0.2, 0) is 4.74 Å². The predicted octanol–water partition coefficient (Wildman–Crippen LogP) is 0.897. The van der Waals surface area contributed by atoms with E-state index in [1.54, 1.807) is 0 Å². The van der Waals surface area contributed by atoms with Gasteiger partial charge in [-0.25, -0.2) is 4.79 Å². The summed E-state index contributed by atoms with van der Waals surface area (Å²) in [6, 6.07) is 10.5. The standard InChI is InChI=1S/C17H26N4O2/c22-17(18-7-9-20-10-12-23-13-11-20)19-15-6-8-21(14-15)16-4-2-1-3-5-16/h1-5,15H,6-14H2,(H2,18,19,22)/t15-/m0/s1. The SMILES string of the molecule is O=C(NCCN1CCOCC1)N[C@H]1CCN(c2ccccc2)C1. The summed E-state index contributed by atoms with van der Waals surface area (Å²) >= 11 is 0. The third kappa shape index (κ3) is 4.84. The Bertz CT molecular complexity index is 491. The first-order chi connectivity index (χ1) is 11.3. The number of benzene rings is 1. The molecule has 1 atom stereocenters. The Morgan fingerprint density at radius 1 is 1.17 bits per heavy atom.